The van der Waals surface area contributed by atoms with Crippen molar-refractivity contribution in [3.8, 4) is 11.1 Å². The van der Waals surface area contributed by atoms with Gasteiger partial charge in [0.25, 0.3) is 6.08 Å². The number of aryl methyl sites for hydroxylation is 4. The van der Waals surface area contributed by atoms with Crippen LogP contribution in [0.1, 0.15) is 347 Å². The molecule has 0 spiro atoms. The molecule has 9 saturated carbocycles. The topological polar surface area (TPSA) is 0 Å². The van der Waals surface area contributed by atoms with Crippen LogP contribution >= 0.6 is 0 Å². The molecule has 3 heteroatoms. The van der Waals surface area contributed by atoms with Crippen LogP contribution in [-0.2, 0) is 0 Å². The van der Waals surface area contributed by atoms with E-state index in [0.717, 1.165) is 113 Å². The zero-order valence-corrected chi connectivity index (χ0v) is 63.5. The smallest absolute Gasteiger partial charge is 0.207 e. The van der Waals surface area contributed by atoms with Crippen LogP contribution in [0.25, 0.3) is 11.1 Å². The Balaban J connectivity index is 0.000000656. The zero-order chi connectivity index (χ0) is 68.9. The molecule has 556 valence electrons. The quantitative estimate of drug-likeness (QED) is 0.131. The van der Waals surface area contributed by atoms with Crippen molar-refractivity contribution in [2.75, 3.05) is 0 Å². The lowest BCUT2D eigenvalue weighted by molar-refractivity contribution is 0.159. The maximum Gasteiger partial charge on any atom is 0.266 e. The molecule has 0 nitrogen and oxygen atoms in total. The van der Waals surface area contributed by atoms with Gasteiger partial charge in [-0.1, -0.05) is 225 Å². The summed E-state index contributed by atoms with van der Waals surface area (Å²) in [4.78, 5) is 0. The fraction of sp³-hybridized carbons (Fsp3) is 0.663. The van der Waals surface area contributed by atoms with E-state index in [1.807, 2.05) is 13.0 Å². The molecular weight excluding hydrogens is 1200 g/mol. The number of benzene rings is 5. The minimum Gasteiger partial charge on any atom is -0.207 e. The highest BCUT2D eigenvalue weighted by Crippen LogP contribution is 2.48. The van der Waals surface area contributed by atoms with Gasteiger partial charge in [0.15, 0.2) is 0 Å². The van der Waals surface area contributed by atoms with E-state index in [9.17, 15) is 13.2 Å². The average molecular weight is 1350 g/mol. The first kappa shape index (κ1) is 76.3. The third kappa shape index (κ3) is 23.6. The van der Waals surface area contributed by atoms with Crippen LogP contribution in [0.15, 0.2) is 127 Å². The molecule has 0 aliphatic heterocycles. The van der Waals surface area contributed by atoms with Gasteiger partial charge in [-0.3, -0.25) is 0 Å². The summed E-state index contributed by atoms with van der Waals surface area (Å²) in [5.41, 5.74) is 13.5. The highest BCUT2D eigenvalue weighted by Gasteiger charge is 2.35. The van der Waals surface area contributed by atoms with Crippen molar-refractivity contribution in [1.29, 1.82) is 0 Å². The number of hydrogen-bond acceptors (Lipinski definition) is 0. The third-order valence-corrected chi connectivity index (χ3v) is 28.0. The normalized spacial score (nSPS) is 32.9. The molecule has 5 aromatic rings. The Morgan fingerprint density at radius 1 is 0.276 bits per heavy atom. The van der Waals surface area contributed by atoms with Crippen LogP contribution in [-0.4, -0.2) is 0 Å². The van der Waals surface area contributed by atoms with Gasteiger partial charge in [-0.15, -0.1) is 0 Å². The van der Waals surface area contributed by atoms with Crippen molar-refractivity contribution < 1.29 is 26.0 Å². The van der Waals surface area contributed by atoms with Crippen molar-refractivity contribution in [3.63, 3.8) is 0 Å². The number of rotatable bonds is 10. The second kappa shape index (κ2) is 38.8. The molecule has 0 bridgehead atoms. The van der Waals surface area contributed by atoms with Crippen molar-refractivity contribution in [3.05, 3.63) is 178 Å². The summed E-state index contributed by atoms with van der Waals surface area (Å²) in [7, 11) is 0. The van der Waals surface area contributed by atoms with Crippen LogP contribution in [0.4, 0.5) is 13.2 Å². The summed E-state index contributed by atoms with van der Waals surface area (Å²) in [5, 5.41) is 0. The Morgan fingerprint density at radius 3 is 0.776 bits per heavy atom. The van der Waals surface area contributed by atoms with Gasteiger partial charge in [0, 0.05) is 12.8 Å². The van der Waals surface area contributed by atoms with E-state index >= 15 is 0 Å². The van der Waals surface area contributed by atoms with Gasteiger partial charge in [0.2, 0.25) is 0 Å². The molecule has 0 atom stereocenters. The molecule has 0 saturated heterocycles. The fourth-order valence-electron chi connectivity index (χ4n) is 20.6. The Labute approximate surface area is 612 Å². The predicted octanol–water partition coefficient (Wildman–Crippen LogP) is 32.0. The lowest BCUT2D eigenvalue weighted by atomic mass is 9.68. The maximum atomic E-state index is 13.7. The van der Waals surface area contributed by atoms with Crippen molar-refractivity contribution in [2.45, 2.75) is 317 Å². The number of allylic oxidation sites excluding steroid dienone is 1. The number of halogens is 3. The fourth-order valence-corrected chi connectivity index (χ4v) is 20.6. The minimum absolute atomic E-state index is 0. The highest BCUT2D eigenvalue weighted by molar-refractivity contribution is 5.64. The van der Waals surface area contributed by atoms with Crippen molar-refractivity contribution in [2.24, 2.45) is 82.9 Å². The first-order chi connectivity index (χ1) is 47.4. The minimum atomic E-state index is -1.49. The maximum absolute atomic E-state index is 13.7. The van der Waals surface area contributed by atoms with Gasteiger partial charge >= 0.3 is 0 Å². The molecule has 14 rings (SSSR count). The van der Waals surface area contributed by atoms with E-state index in [1.165, 1.54) is 263 Å². The average Bonchev–Trinajstić information content (AvgIpc) is 0.858. The van der Waals surface area contributed by atoms with Gasteiger partial charge < -0.3 is 0 Å². The Bertz CT molecular complexity index is 2980. The molecule has 0 amide bonds. The van der Waals surface area contributed by atoms with Gasteiger partial charge in [-0.05, 0) is 352 Å². The van der Waals surface area contributed by atoms with Gasteiger partial charge in [0.05, 0.1) is 0 Å². The molecule has 5 aromatic carbocycles. The predicted molar refractivity (Wildman–Crippen MR) is 434 cm³/mol. The van der Waals surface area contributed by atoms with Crippen LogP contribution in [0.2, 0.25) is 0 Å². The summed E-state index contributed by atoms with van der Waals surface area (Å²) < 4.78 is 38.1. The summed E-state index contributed by atoms with van der Waals surface area (Å²) in [6.45, 7) is 20.4. The Hall–Kier alpha value is -4.37. The standard InChI is InChI=1S/C20H29F.2C20H30.C20H24.C15H24F2.9H2/c1-14-3-6-16(7-4-14)17-9-11-18(12-10-17)19-8-5-15(2)20(21)13-19;3*1-15-3-7-17(8-4-15)19-11-13-20(14-12-19)18-9-5-16(2)6-10-18;1-11-2-6-13(7-3-11)14-8-4-12(5-9-14)10-15(16)17;;;;;;;;;/h5,8,13-14,16-18H,3-4,6-7,9-12H2,1-2H3;2*3-4,7-8,16,18-20H,5-6,9-14H2,1-2H3;3-4,7-8,11-14,16,18H,5-6,9-10H2,1-2H3;10-14H,2-9H2,1H3;9*1H. The van der Waals surface area contributed by atoms with E-state index in [1.54, 1.807) is 17.2 Å². The van der Waals surface area contributed by atoms with Crippen LogP contribution in [0.5, 0.6) is 0 Å². The van der Waals surface area contributed by atoms with E-state index in [2.05, 4.69) is 159 Å². The van der Waals surface area contributed by atoms with Crippen molar-refractivity contribution in [1.82, 2.24) is 0 Å². The lowest BCUT2D eigenvalue weighted by Crippen LogP contribution is -2.24. The van der Waals surface area contributed by atoms with Gasteiger partial charge in [-0.2, -0.15) is 8.78 Å². The Kier molecular flexibility index (Phi) is 30.2. The molecule has 9 aliphatic rings. The SMILES string of the molecule is CC1CCC(C2CCC(C=C(F)F)CC2)CC1.Cc1ccc(-c2ccc(C3CCC(C)CC3)cc2)cc1.Cc1ccc(C2CCC(C3CCC(C)CC3)CC2)cc1.Cc1ccc(C2CCC(C3CCC(C)CC3)CC2)cc1.Cc1ccc(C2CCC(C3CCC(C)CC3)CC2)cc1F.[HH].[HH].[HH].[HH].[HH].[HH].[HH].[HH].[HH]. The molecule has 9 aliphatic carbocycles. The second-order valence-corrected chi connectivity index (χ2v) is 35.3. The molecule has 98 heavy (non-hydrogen) atoms. The lowest BCUT2D eigenvalue weighted by Gasteiger charge is -2.37. The van der Waals surface area contributed by atoms with Crippen molar-refractivity contribution >= 4 is 0 Å². The zero-order valence-electron chi connectivity index (χ0n) is 63.5. The summed E-state index contributed by atoms with van der Waals surface area (Å²) >= 11 is 0. The van der Waals surface area contributed by atoms with Crippen LogP contribution in [0, 0.1) is 116 Å². The first-order valence-electron chi connectivity index (χ1n) is 41.5. The van der Waals surface area contributed by atoms with Gasteiger partial charge in [0.1, 0.15) is 5.82 Å². The largest absolute Gasteiger partial charge is 0.266 e. The third-order valence-electron chi connectivity index (χ3n) is 28.0. The van der Waals surface area contributed by atoms with E-state index in [-0.39, 0.29) is 24.6 Å². The molecule has 9 fully saturated rings. The molecule has 0 radical (unpaired) electrons. The molecule has 0 heterocycles. The summed E-state index contributed by atoms with van der Waals surface area (Å²) in [5.74, 6) is 15.8. The monoisotopic (exact) mass is 1350 g/mol. The van der Waals surface area contributed by atoms with Gasteiger partial charge in [-0.25, -0.2) is 4.39 Å². The van der Waals surface area contributed by atoms with Crippen LogP contribution in [0.3, 0.4) is 0 Å². The highest BCUT2D eigenvalue weighted by atomic mass is 19.3. The molecule has 0 N–H and O–H groups in total. The summed E-state index contributed by atoms with van der Waals surface area (Å²) in [6, 6.07) is 42.5. The van der Waals surface area contributed by atoms with Crippen LogP contribution < -0.4 is 0 Å². The summed E-state index contributed by atoms with van der Waals surface area (Å²) in [6.07, 6.45) is 49.7. The molecular formula is C95H155F3. The Morgan fingerprint density at radius 2 is 0.490 bits per heavy atom. The van der Waals surface area contributed by atoms with E-state index in [4.69, 9.17) is 0 Å². The first-order valence-corrected chi connectivity index (χ1v) is 41.5. The van der Waals surface area contributed by atoms with E-state index < -0.39 is 6.08 Å². The molecule has 0 unspecified atom stereocenters. The molecule has 0 aromatic heterocycles. The van der Waals surface area contributed by atoms with E-state index in [0.29, 0.717) is 5.92 Å². The second-order valence-electron chi connectivity index (χ2n) is 35.3. The number of hydrogen-bond donors (Lipinski definition) is 0.